The molecular weight excluding hydrogens is 186 g/mol. The number of hydrogen-bond acceptors (Lipinski definition) is 4. The third-order valence-corrected chi connectivity index (χ3v) is 1.61. The second-order valence-corrected chi connectivity index (χ2v) is 2.76. The summed E-state index contributed by atoms with van der Waals surface area (Å²) in [6, 6.07) is -0.972. The van der Waals surface area contributed by atoms with Crippen LogP contribution in [0.15, 0.2) is 15.0 Å². The molecule has 0 unspecified atom stereocenters. The van der Waals surface area contributed by atoms with Crippen molar-refractivity contribution in [1.29, 1.82) is 0 Å². The van der Waals surface area contributed by atoms with Crippen LogP contribution in [0.25, 0.3) is 0 Å². The normalized spacial score (nSPS) is 16.1. The molecule has 0 fully saturated rings. The van der Waals surface area contributed by atoms with Gasteiger partial charge in [0.1, 0.15) is 6.34 Å². The summed E-state index contributed by atoms with van der Waals surface area (Å²) < 4.78 is 0. The molecule has 0 aliphatic carbocycles. The van der Waals surface area contributed by atoms with Crippen molar-refractivity contribution in [3.8, 4) is 0 Å². The SMILES string of the molecule is NC(N)=N[C@@H](CC1=NC=NC1)C(=O)O. The summed E-state index contributed by atoms with van der Waals surface area (Å²) in [5.74, 6) is -1.31. The van der Waals surface area contributed by atoms with E-state index in [1.807, 2.05) is 0 Å². The standard InChI is InChI=1S/C7H11N5O2/c8-7(9)12-5(6(13)14)1-4-2-10-3-11-4/h3,5H,1-2H2,(H,13,14)(H4,8,9,12)/t5-/m0/s1. The lowest BCUT2D eigenvalue weighted by Crippen LogP contribution is -2.30. The van der Waals surface area contributed by atoms with Gasteiger partial charge in [-0.3, -0.25) is 4.99 Å². The molecule has 0 saturated heterocycles. The highest BCUT2D eigenvalue weighted by atomic mass is 16.4. The highest BCUT2D eigenvalue weighted by Gasteiger charge is 2.19. The average Bonchev–Trinajstić information content (AvgIpc) is 2.54. The minimum Gasteiger partial charge on any atom is -0.480 e. The Hall–Kier alpha value is -1.92. The fraction of sp³-hybridized carbons (Fsp3) is 0.429. The molecule has 76 valence electrons. The number of carboxylic acids is 1. The van der Waals surface area contributed by atoms with Crippen LogP contribution in [-0.2, 0) is 4.79 Å². The molecular formula is C7H11N5O2. The monoisotopic (exact) mass is 197 g/mol. The van der Waals surface area contributed by atoms with Crippen molar-refractivity contribution in [2.45, 2.75) is 12.5 Å². The van der Waals surface area contributed by atoms with E-state index in [0.717, 1.165) is 0 Å². The third-order valence-electron chi connectivity index (χ3n) is 1.61. The predicted molar refractivity (Wildman–Crippen MR) is 52.6 cm³/mol. The molecule has 1 aliphatic rings. The van der Waals surface area contributed by atoms with Crippen LogP contribution in [0.1, 0.15) is 6.42 Å². The number of nitrogens with two attached hydrogens (primary N) is 2. The first-order chi connectivity index (χ1) is 6.59. The number of aliphatic imine (C=N–C) groups is 3. The van der Waals surface area contributed by atoms with E-state index in [1.165, 1.54) is 6.34 Å². The maximum Gasteiger partial charge on any atom is 0.328 e. The van der Waals surface area contributed by atoms with Gasteiger partial charge in [-0.05, 0) is 0 Å². The lowest BCUT2D eigenvalue weighted by molar-refractivity contribution is -0.138. The summed E-state index contributed by atoms with van der Waals surface area (Å²) in [4.78, 5) is 22.0. The summed E-state index contributed by atoms with van der Waals surface area (Å²) in [6.45, 7) is 0.420. The first kappa shape index (κ1) is 10.2. The van der Waals surface area contributed by atoms with Gasteiger partial charge in [-0.1, -0.05) is 0 Å². The van der Waals surface area contributed by atoms with E-state index in [4.69, 9.17) is 16.6 Å². The van der Waals surface area contributed by atoms with Gasteiger partial charge in [0.15, 0.2) is 12.0 Å². The third kappa shape index (κ3) is 2.85. The van der Waals surface area contributed by atoms with E-state index in [2.05, 4.69) is 15.0 Å². The van der Waals surface area contributed by atoms with Gasteiger partial charge in [0, 0.05) is 12.1 Å². The summed E-state index contributed by atoms with van der Waals surface area (Å²) in [6.07, 6.45) is 1.58. The molecule has 7 heteroatoms. The molecule has 5 N–H and O–H groups in total. The van der Waals surface area contributed by atoms with Crippen LogP contribution in [0.3, 0.4) is 0 Å². The Morgan fingerprint density at radius 3 is 2.86 bits per heavy atom. The Morgan fingerprint density at radius 2 is 2.43 bits per heavy atom. The maximum absolute atomic E-state index is 10.7. The fourth-order valence-electron chi connectivity index (χ4n) is 1.02. The molecule has 0 saturated carbocycles. The fourth-order valence-corrected chi connectivity index (χ4v) is 1.02. The molecule has 1 aliphatic heterocycles. The number of carboxylic acid groups (broad SMARTS) is 1. The van der Waals surface area contributed by atoms with Crippen LogP contribution in [0.4, 0.5) is 0 Å². The minimum absolute atomic E-state index is 0.188. The van der Waals surface area contributed by atoms with Gasteiger partial charge < -0.3 is 16.6 Å². The first-order valence-corrected chi connectivity index (χ1v) is 3.95. The Bertz CT molecular complexity index is 316. The lowest BCUT2D eigenvalue weighted by Gasteiger charge is -2.06. The van der Waals surface area contributed by atoms with E-state index in [0.29, 0.717) is 12.3 Å². The van der Waals surface area contributed by atoms with Gasteiger partial charge in [-0.25, -0.2) is 14.8 Å². The second-order valence-electron chi connectivity index (χ2n) is 2.76. The molecule has 1 rings (SSSR count). The Morgan fingerprint density at radius 1 is 1.71 bits per heavy atom. The number of carbonyl (C=O) groups is 1. The van der Waals surface area contributed by atoms with Crippen molar-refractivity contribution in [3.05, 3.63) is 0 Å². The number of hydrogen-bond donors (Lipinski definition) is 3. The summed E-state index contributed by atoms with van der Waals surface area (Å²) >= 11 is 0. The zero-order valence-corrected chi connectivity index (χ0v) is 7.42. The molecule has 14 heavy (non-hydrogen) atoms. The highest BCUT2D eigenvalue weighted by Crippen LogP contribution is 2.03. The lowest BCUT2D eigenvalue weighted by atomic mass is 10.1. The van der Waals surface area contributed by atoms with E-state index >= 15 is 0 Å². The molecule has 1 atom stereocenters. The summed E-state index contributed by atoms with van der Waals surface area (Å²) in [5.41, 5.74) is 10.9. The van der Waals surface area contributed by atoms with Crippen molar-refractivity contribution < 1.29 is 9.90 Å². The van der Waals surface area contributed by atoms with Gasteiger partial charge in [0.2, 0.25) is 0 Å². The van der Waals surface area contributed by atoms with Crippen LogP contribution in [0, 0.1) is 0 Å². The number of aliphatic carboxylic acids is 1. The largest absolute Gasteiger partial charge is 0.480 e. The molecule has 1 heterocycles. The van der Waals surface area contributed by atoms with Crippen LogP contribution >= 0.6 is 0 Å². The van der Waals surface area contributed by atoms with Crippen LogP contribution in [0.5, 0.6) is 0 Å². The van der Waals surface area contributed by atoms with Crippen molar-refractivity contribution in [2.75, 3.05) is 6.54 Å². The Labute approximate surface area is 80.2 Å². The van der Waals surface area contributed by atoms with E-state index in [-0.39, 0.29) is 12.4 Å². The molecule has 0 aromatic heterocycles. The van der Waals surface area contributed by atoms with Crippen molar-refractivity contribution in [3.63, 3.8) is 0 Å². The molecule has 0 bridgehead atoms. The van der Waals surface area contributed by atoms with Gasteiger partial charge in [-0.15, -0.1) is 0 Å². The van der Waals surface area contributed by atoms with Crippen molar-refractivity contribution in [2.24, 2.45) is 26.4 Å². The van der Waals surface area contributed by atoms with Gasteiger partial charge in [-0.2, -0.15) is 0 Å². The highest BCUT2D eigenvalue weighted by molar-refractivity contribution is 5.99. The van der Waals surface area contributed by atoms with E-state index in [9.17, 15) is 4.79 Å². The maximum atomic E-state index is 10.7. The first-order valence-electron chi connectivity index (χ1n) is 3.95. The zero-order valence-electron chi connectivity index (χ0n) is 7.42. The number of nitrogens with zero attached hydrogens (tertiary/aromatic N) is 3. The van der Waals surface area contributed by atoms with Gasteiger partial charge in [0.25, 0.3) is 0 Å². The number of guanidine groups is 1. The predicted octanol–water partition coefficient (Wildman–Crippen LogP) is -1.41. The smallest absolute Gasteiger partial charge is 0.328 e. The molecule has 0 aromatic rings. The molecule has 0 aromatic carbocycles. The van der Waals surface area contributed by atoms with Crippen molar-refractivity contribution >= 4 is 24.0 Å². The molecule has 7 nitrogen and oxygen atoms in total. The average molecular weight is 197 g/mol. The van der Waals surface area contributed by atoms with E-state index in [1.54, 1.807) is 0 Å². The molecule has 0 radical (unpaired) electrons. The second kappa shape index (κ2) is 4.35. The zero-order chi connectivity index (χ0) is 10.6. The number of rotatable bonds is 4. The van der Waals surface area contributed by atoms with Crippen LogP contribution < -0.4 is 11.5 Å². The van der Waals surface area contributed by atoms with E-state index < -0.39 is 12.0 Å². The van der Waals surface area contributed by atoms with Gasteiger partial charge in [0.05, 0.1) is 6.54 Å². The quantitative estimate of drug-likeness (QED) is 0.377. The van der Waals surface area contributed by atoms with Gasteiger partial charge >= 0.3 is 5.97 Å². The Kier molecular flexibility index (Phi) is 3.16. The topological polar surface area (TPSA) is 126 Å². The minimum atomic E-state index is -1.08. The summed E-state index contributed by atoms with van der Waals surface area (Å²) in [7, 11) is 0. The van der Waals surface area contributed by atoms with Crippen LogP contribution in [0.2, 0.25) is 0 Å². The molecule has 0 spiro atoms. The Balaban J connectivity index is 2.61. The summed E-state index contributed by atoms with van der Waals surface area (Å²) in [5, 5.41) is 8.77. The molecule has 0 amide bonds. The van der Waals surface area contributed by atoms with Crippen molar-refractivity contribution in [1.82, 2.24) is 0 Å². The van der Waals surface area contributed by atoms with Crippen LogP contribution in [-0.4, -0.2) is 41.7 Å².